The van der Waals surface area contributed by atoms with Gasteiger partial charge >= 0.3 is 0 Å². The molecule has 0 bridgehead atoms. The van der Waals surface area contributed by atoms with E-state index in [1.807, 2.05) is 30.3 Å². The van der Waals surface area contributed by atoms with Gasteiger partial charge in [-0.25, -0.2) is 0 Å². The zero-order valence-electron chi connectivity index (χ0n) is 16.8. The third kappa shape index (κ3) is 5.30. The topological polar surface area (TPSA) is 60.0 Å². The first kappa shape index (κ1) is 22.1. The van der Waals surface area contributed by atoms with Crippen molar-refractivity contribution in [3.8, 4) is 11.5 Å². The minimum absolute atomic E-state index is 0.152. The second kappa shape index (κ2) is 10.4. The number of benzene rings is 2. The highest BCUT2D eigenvalue weighted by Gasteiger charge is 2.30. The van der Waals surface area contributed by atoms with E-state index < -0.39 is 0 Å². The molecular weight excluding hydrogens is 424 g/mol. The molecule has 1 N–H and O–H groups in total. The second-order valence-electron chi connectivity index (χ2n) is 6.58. The fraction of sp³-hybridized carbons (Fsp3) is 0.273. The van der Waals surface area contributed by atoms with E-state index in [-0.39, 0.29) is 12.5 Å². The Kier molecular flexibility index (Phi) is 7.68. The van der Waals surface area contributed by atoms with Gasteiger partial charge in [0.2, 0.25) is 0 Å². The Bertz CT molecular complexity index is 964. The molecule has 1 saturated heterocycles. The van der Waals surface area contributed by atoms with Gasteiger partial charge in [0.25, 0.3) is 5.91 Å². The molecule has 1 aliphatic rings. The zero-order valence-corrected chi connectivity index (χ0v) is 18.4. The van der Waals surface area contributed by atoms with E-state index in [4.69, 9.17) is 38.0 Å². The van der Waals surface area contributed by atoms with Crippen molar-refractivity contribution in [3.63, 3.8) is 0 Å². The summed E-state index contributed by atoms with van der Waals surface area (Å²) in [4.78, 5) is 14.2. The zero-order chi connectivity index (χ0) is 21.5. The van der Waals surface area contributed by atoms with E-state index in [2.05, 4.69) is 5.32 Å². The van der Waals surface area contributed by atoms with E-state index in [0.29, 0.717) is 46.9 Å². The first-order chi connectivity index (χ1) is 14.5. The number of carbonyl (C=O) groups excluding carboxylic acids is 1. The van der Waals surface area contributed by atoms with Crippen molar-refractivity contribution < 1.29 is 19.0 Å². The summed E-state index contributed by atoms with van der Waals surface area (Å²) in [7, 11) is 3.23. The molecule has 0 unspecified atom stereocenters. The third-order valence-corrected chi connectivity index (χ3v) is 5.16. The molecule has 1 amide bonds. The van der Waals surface area contributed by atoms with Gasteiger partial charge in [-0.15, -0.1) is 0 Å². The molecule has 8 heteroatoms. The number of nitrogens with one attached hydrogen (secondary N) is 1. The fourth-order valence-corrected chi connectivity index (χ4v) is 3.50. The Morgan fingerprint density at radius 3 is 2.70 bits per heavy atom. The number of thiocarbonyl (C=S) groups is 1. The van der Waals surface area contributed by atoms with Gasteiger partial charge in [-0.1, -0.05) is 29.8 Å². The van der Waals surface area contributed by atoms with E-state index in [9.17, 15) is 4.79 Å². The molecule has 0 atom stereocenters. The summed E-state index contributed by atoms with van der Waals surface area (Å²) in [6.45, 7) is 1.35. The number of hydrogen-bond acceptors (Lipinski definition) is 5. The smallest absolute Gasteiger partial charge is 0.276 e. The minimum atomic E-state index is -0.152. The van der Waals surface area contributed by atoms with Crippen LogP contribution in [0, 0.1) is 0 Å². The molecule has 0 radical (unpaired) electrons. The lowest BCUT2D eigenvalue weighted by atomic mass is 10.1. The maximum absolute atomic E-state index is 12.7. The molecular formula is C22H23ClN2O4S. The van der Waals surface area contributed by atoms with Crippen LogP contribution in [0.25, 0.3) is 6.08 Å². The standard InChI is InChI=1S/C22H23ClN2O4S/c1-27-11-5-10-25-21(26)18(24-22(25)30)13-15-8-9-19(28-2)16(12-15)14-29-20-7-4-3-6-17(20)23/h3-4,6-9,12-13H,5,10-11,14H2,1-2H3,(H,24,30)/b18-13+. The van der Waals surface area contributed by atoms with Crippen LogP contribution in [0.1, 0.15) is 17.5 Å². The van der Waals surface area contributed by atoms with E-state index in [1.54, 1.807) is 37.3 Å². The fourth-order valence-electron chi connectivity index (χ4n) is 3.03. The number of nitrogens with zero attached hydrogens (tertiary/aromatic N) is 1. The Morgan fingerprint density at radius 1 is 1.17 bits per heavy atom. The summed E-state index contributed by atoms with van der Waals surface area (Å²) in [5, 5.41) is 3.93. The molecule has 1 aliphatic heterocycles. The molecule has 6 nitrogen and oxygen atoms in total. The number of methoxy groups -OCH3 is 2. The second-order valence-corrected chi connectivity index (χ2v) is 7.38. The number of para-hydroxylation sites is 1. The van der Waals surface area contributed by atoms with Gasteiger partial charge in [-0.2, -0.15) is 0 Å². The summed E-state index contributed by atoms with van der Waals surface area (Å²) in [6.07, 6.45) is 2.48. The van der Waals surface area contributed by atoms with Gasteiger partial charge in [-0.3, -0.25) is 9.69 Å². The average molecular weight is 447 g/mol. The van der Waals surface area contributed by atoms with Crippen molar-refractivity contribution in [3.05, 3.63) is 64.3 Å². The maximum atomic E-state index is 12.7. The quantitative estimate of drug-likeness (QED) is 0.356. The van der Waals surface area contributed by atoms with E-state index >= 15 is 0 Å². The lowest BCUT2D eigenvalue weighted by molar-refractivity contribution is -0.122. The molecule has 30 heavy (non-hydrogen) atoms. The van der Waals surface area contributed by atoms with E-state index in [0.717, 1.165) is 11.1 Å². The first-order valence-corrected chi connectivity index (χ1v) is 10.2. The van der Waals surface area contributed by atoms with Crippen molar-refractivity contribution in [1.29, 1.82) is 0 Å². The van der Waals surface area contributed by atoms with Crippen molar-refractivity contribution in [2.24, 2.45) is 0 Å². The van der Waals surface area contributed by atoms with Gasteiger partial charge in [-0.05, 0) is 54.5 Å². The molecule has 0 saturated carbocycles. The van der Waals surface area contributed by atoms with Crippen LogP contribution < -0.4 is 14.8 Å². The third-order valence-electron chi connectivity index (χ3n) is 4.53. The lowest BCUT2D eigenvalue weighted by Gasteiger charge is -2.13. The SMILES string of the molecule is COCCCN1C(=O)/C(=C\c2ccc(OC)c(COc3ccccc3Cl)c2)NC1=S. The van der Waals surface area contributed by atoms with Crippen LogP contribution in [0.15, 0.2) is 48.2 Å². The maximum Gasteiger partial charge on any atom is 0.276 e. The number of hydrogen-bond donors (Lipinski definition) is 1. The van der Waals surface area contributed by atoms with Gasteiger partial charge in [0, 0.05) is 25.8 Å². The molecule has 158 valence electrons. The number of halogens is 1. The van der Waals surface area contributed by atoms with Gasteiger partial charge in [0.1, 0.15) is 23.8 Å². The Hall–Kier alpha value is -2.61. The minimum Gasteiger partial charge on any atom is -0.496 e. The van der Waals surface area contributed by atoms with Crippen molar-refractivity contribution in [2.75, 3.05) is 27.4 Å². The lowest BCUT2D eigenvalue weighted by Crippen LogP contribution is -2.32. The molecule has 3 rings (SSSR count). The summed E-state index contributed by atoms with van der Waals surface area (Å²) in [5.41, 5.74) is 2.09. The highest BCUT2D eigenvalue weighted by molar-refractivity contribution is 7.80. The predicted molar refractivity (Wildman–Crippen MR) is 121 cm³/mol. The first-order valence-electron chi connectivity index (χ1n) is 9.41. The molecule has 2 aromatic carbocycles. The van der Waals surface area contributed by atoms with Gasteiger partial charge in [0.05, 0.1) is 12.1 Å². The Morgan fingerprint density at radius 2 is 1.97 bits per heavy atom. The summed E-state index contributed by atoms with van der Waals surface area (Å²) >= 11 is 11.5. The number of amides is 1. The summed E-state index contributed by atoms with van der Waals surface area (Å²) < 4.78 is 16.3. The van der Waals surface area contributed by atoms with Gasteiger partial charge < -0.3 is 19.5 Å². The largest absolute Gasteiger partial charge is 0.496 e. The summed E-state index contributed by atoms with van der Waals surface area (Å²) in [6, 6.07) is 12.9. The van der Waals surface area contributed by atoms with Crippen LogP contribution >= 0.6 is 23.8 Å². The molecule has 2 aromatic rings. The van der Waals surface area contributed by atoms with Crippen LogP contribution in [-0.4, -0.2) is 43.3 Å². The van der Waals surface area contributed by atoms with Crippen LogP contribution in [0.3, 0.4) is 0 Å². The highest BCUT2D eigenvalue weighted by atomic mass is 35.5. The molecule has 0 aromatic heterocycles. The normalized spacial score (nSPS) is 14.9. The number of rotatable bonds is 9. The van der Waals surface area contributed by atoms with Crippen LogP contribution in [-0.2, 0) is 16.1 Å². The number of ether oxygens (including phenoxy) is 3. The Balaban J connectivity index is 1.76. The summed E-state index contributed by atoms with van der Waals surface area (Å²) in [5.74, 6) is 1.13. The predicted octanol–water partition coefficient (Wildman–Crippen LogP) is 4.02. The van der Waals surface area contributed by atoms with Crippen LogP contribution in [0.4, 0.5) is 0 Å². The molecule has 0 aliphatic carbocycles. The molecule has 0 spiro atoms. The van der Waals surface area contributed by atoms with Crippen molar-refractivity contribution in [1.82, 2.24) is 10.2 Å². The molecule has 1 heterocycles. The molecule has 1 fully saturated rings. The van der Waals surface area contributed by atoms with E-state index in [1.165, 1.54) is 0 Å². The van der Waals surface area contributed by atoms with Crippen molar-refractivity contribution in [2.45, 2.75) is 13.0 Å². The number of carbonyl (C=O) groups is 1. The van der Waals surface area contributed by atoms with Gasteiger partial charge in [0.15, 0.2) is 5.11 Å². The van der Waals surface area contributed by atoms with Crippen molar-refractivity contribution >= 4 is 40.9 Å². The van der Waals surface area contributed by atoms with Crippen LogP contribution in [0.2, 0.25) is 5.02 Å². The average Bonchev–Trinajstić information content (AvgIpc) is 3.01. The van der Waals surface area contributed by atoms with Crippen LogP contribution in [0.5, 0.6) is 11.5 Å². The monoisotopic (exact) mass is 446 g/mol. The Labute approximate surface area is 186 Å². The highest BCUT2D eigenvalue weighted by Crippen LogP contribution is 2.27.